The van der Waals surface area contributed by atoms with Crippen molar-refractivity contribution < 1.29 is 19.4 Å². The lowest BCUT2D eigenvalue weighted by molar-refractivity contribution is -0.139. The third kappa shape index (κ3) is 13.1. The lowest BCUT2D eigenvalue weighted by atomic mass is 10.0. The van der Waals surface area contributed by atoms with Crippen LogP contribution in [0.25, 0.3) is 0 Å². The van der Waals surface area contributed by atoms with E-state index in [-0.39, 0.29) is 5.57 Å². The van der Waals surface area contributed by atoms with Gasteiger partial charge in [-0.25, -0.2) is 4.79 Å². The molecular weight excluding hydrogens is 328 g/mol. The summed E-state index contributed by atoms with van der Waals surface area (Å²) in [4.78, 5) is 22.9. The zero-order valence-electron chi connectivity index (χ0n) is 17.2. The molecule has 0 fully saturated rings. The number of aliphatic hydroxyl groups excluding tert-OH is 1. The fourth-order valence-corrected chi connectivity index (χ4v) is 3.06. The standard InChI is InChI=1S/C22H40O4/c1-4-5-6-7-8-9-10-11-12-13-14-15-16-17-18-20(22(25)26-3)21(24)19(2)23/h18,21,24H,4-17H2,1-3H3/b20-18+/t21-/m1/s1. The Hall–Kier alpha value is -1.16. The van der Waals surface area contributed by atoms with Crippen molar-refractivity contribution in [2.75, 3.05) is 7.11 Å². The number of ether oxygens (including phenoxy) is 1. The normalized spacial score (nSPS) is 12.8. The minimum atomic E-state index is -1.37. The lowest BCUT2D eigenvalue weighted by Gasteiger charge is -2.10. The summed E-state index contributed by atoms with van der Waals surface area (Å²) in [6.45, 7) is 3.52. The van der Waals surface area contributed by atoms with Crippen molar-refractivity contribution in [3.8, 4) is 0 Å². The highest BCUT2D eigenvalue weighted by Crippen LogP contribution is 2.14. The van der Waals surface area contributed by atoms with Crippen molar-refractivity contribution in [1.82, 2.24) is 0 Å². The van der Waals surface area contributed by atoms with Crippen LogP contribution in [0.4, 0.5) is 0 Å². The molecule has 26 heavy (non-hydrogen) atoms. The molecule has 0 spiro atoms. The molecule has 0 aromatic carbocycles. The number of rotatable bonds is 17. The molecule has 0 aromatic heterocycles. The quantitative estimate of drug-likeness (QED) is 0.209. The summed E-state index contributed by atoms with van der Waals surface area (Å²) < 4.78 is 4.63. The Labute approximate surface area is 160 Å². The maximum absolute atomic E-state index is 11.6. The monoisotopic (exact) mass is 368 g/mol. The summed E-state index contributed by atoms with van der Waals surface area (Å²) in [7, 11) is 1.26. The Morgan fingerprint density at radius 1 is 0.846 bits per heavy atom. The van der Waals surface area contributed by atoms with Crippen molar-refractivity contribution in [2.24, 2.45) is 0 Å². The molecule has 0 bridgehead atoms. The molecule has 0 aliphatic rings. The number of unbranched alkanes of at least 4 members (excludes halogenated alkanes) is 13. The molecule has 1 atom stereocenters. The Kier molecular flexibility index (Phi) is 16.5. The van der Waals surface area contributed by atoms with Crippen molar-refractivity contribution >= 4 is 11.8 Å². The minimum Gasteiger partial charge on any atom is -0.466 e. The number of Topliss-reactive ketones (excluding diaryl/α,β-unsaturated/α-hetero) is 1. The SMILES string of the molecule is CCCCCCCCCCCCCCC/C=C(/C(=O)OC)[C@H](O)C(C)=O. The van der Waals surface area contributed by atoms with E-state index in [1.54, 1.807) is 6.08 Å². The number of carbonyl (C=O) groups excluding carboxylic acids is 2. The topological polar surface area (TPSA) is 63.6 Å². The molecule has 0 amide bonds. The summed E-state index contributed by atoms with van der Waals surface area (Å²) in [6, 6.07) is 0. The number of esters is 1. The average Bonchev–Trinajstić information content (AvgIpc) is 2.63. The number of carbonyl (C=O) groups is 2. The van der Waals surface area contributed by atoms with Gasteiger partial charge in [-0.2, -0.15) is 0 Å². The first-order valence-corrected chi connectivity index (χ1v) is 10.5. The summed E-state index contributed by atoms with van der Waals surface area (Å²) in [5.41, 5.74) is 0.0685. The molecule has 0 unspecified atom stereocenters. The van der Waals surface area contributed by atoms with E-state index in [1.807, 2.05) is 0 Å². The molecule has 4 nitrogen and oxygen atoms in total. The first-order valence-electron chi connectivity index (χ1n) is 10.5. The Bertz CT molecular complexity index is 401. The third-order valence-electron chi connectivity index (χ3n) is 4.77. The van der Waals surface area contributed by atoms with Gasteiger partial charge in [-0.1, -0.05) is 90.0 Å². The van der Waals surface area contributed by atoms with Gasteiger partial charge in [0.2, 0.25) is 0 Å². The molecule has 152 valence electrons. The number of hydrogen-bond acceptors (Lipinski definition) is 4. The van der Waals surface area contributed by atoms with Gasteiger partial charge in [0.15, 0.2) is 5.78 Å². The predicted octanol–water partition coefficient (Wildman–Crippen LogP) is 5.52. The molecule has 0 rings (SSSR count). The molecule has 4 heteroatoms. The Morgan fingerprint density at radius 3 is 1.65 bits per heavy atom. The van der Waals surface area contributed by atoms with Crippen LogP contribution in [0.15, 0.2) is 11.6 Å². The van der Waals surface area contributed by atoms with Gasteiger partial charge < -0.3 is 9.84 Å². The van der Waals surface area contributed by atoms with E-state index in [1.165, 1.54) is 84.7 Å². The van der Waals surface area contributed by atoms with Crippen molar-refractivity contribution in [3.63, 3.8) is 0 Å². The third-order valence-corrected chi connectivity index (χ3v) is 4.77. The summed E-state index contributed by atoms with van der Waals surface area (Å²) in [5, 5.41) is 9.77. The highest BCUT2D eigenvalue weighted by Gasteiger charge is 2.22. The molecule has 0 radical (unpaired) electrons. The van der Waals surface area contributed by atoms with Gasteiger partial charge in [0, 0.05) is 0 Å². The smallest absolute Gasteiger partial charge is 0.336 e. The van der Waals surface area contributed by atoms with Gasteiger partial charge in [-0.05, 0) is 19.8 Å². The van der Waals surface area contributed by atoms with E-state index in [0.29, 0.717) is 6.42 Å². The van der Waals surface area contributed by atoms with E-state index in [9.17, 15) is 14.7 Å². The first-order chi connectivity index (χ1) is 12.5. The molecular formula is C22H40O4. The van der Waals surface area contributed by atoms with Crippen LogP contribution >= 0.6 is 0 Å². The zero-order chi connectivity index (χ0) is 19.6. The van der Waals surface area contributed by atoms with Crippen LogP contribution in [0.3, 0.4) is 0 Å². The first kappa shape index (κ1) is 24.8. The van der Waals surface area contributed by atoms with Crippen LogP contribution in [0.1, 0.15) is 104 Å². The maximum Gasteiger partial charge on any atom is 0.336 e. The highest BCUT2D eigenvalue weighted by molar-refractivity contribution is 5.98. The van der Waals surface area contributed by atoms with Gasteiger partial charge in [0.25, 0.3) is 0 Å². The lowest BCUT2D eigenvalue weighted by Crippen LogP contribution is -2.25. The fourth-order valence-electron chi connectivity index (χ4n) is 3.06. The number of hydrogen-bond donors (Lipinski definition) is 1. The number of allylic oxidation sites excluding steroid dienone is 1. The van der Waals surface area contributed by atoms with Gasteiger partial charge >= 0.3 is 5.97 Å². The Morgan fingerprint density at radius 2 is 1.27 bits per heavy atom. The molecule has 0 saturated carbocycles. The van der Waals surface area contributed by atoms with Crippen molar-refractivity contribution in [2.45, 2.75) is 110 Å². The van der Waals surface area contributed by atoms with Gasteiger partial charge in [-0.3, -0.25) is 4.79 Å². The number of methoxy groups -OCH3 is 1. The molecule has 0 aliphatic heterocycles. The van der Waals surface area contributed by atoms with Crippen LogP contribution < -0.4 is 0 Å². The minimum absolute atomic E-state index is 0.0685. The summed E-state index contributed by atoms with van der Waals surface area (Å²) in [6.07, 6.45) is 17.8. The highest BCUT2D eigenvalue weighted by atomic mass is 16.5. The van der Waals surface area contributed by atoms with E-state index in [0.717, 1.165) is 12.8 Å². The largest absolute Gasteiger partial charge is 0.466 e. The van der Waals surface area contributed by atoms with Crippen LogP contribution in [0, 0.1) is 0 Å². The molecule has 0 aromatic rings. The van der Waals surface area contributed by atoms with Crippen molar-refractivity contribution in [1.29, 1.82) is 0 Å². The maximum atomic E-state index is 11.6. The molecule has 0 heterocycles. The van der Waals surface area contributed by atoms with E-state index in [4.69, 9.17) is 0 Å². The van der Waals surface area contributed by atoms with E-state index >= 15 is 0 Å². The number of aliphatic hydroxyl groups is 1. The second-order valence-electron chi connectivity index (χ2n) is 7.20. The van der Waals surface area contributed by atoms with Crippen LogP contribution in [-0.2, 0) is 14.3 Å². The van der Waals surface area contributed by atoms with Crippen molar-refractivity contribution in [3.05, 3.63) is 11.6 Å². The van der Waals surface area contributed by atoms with E-state index < -0.39 is 17.9 Å². The average molecular weight is 369 g/mol. The Balaban J connectivity index is 3.66. The number of ketones is 1. The molecule has 0 aliphatic carbocycles. The van der Waals surface area contributed by atoms with E-state index in [2.05, 4.69) is 11.7 Å². The zero-order valence-corrected chi connectivity index (χ0v) is 17.2. The molecule has 0 saturated heterocycles. The molecule has 1 N–H and O–H groups in total. The fraction of sp³-hybridized carbons (Fsp3) is 0.818. The second-order valence-corrected chi connectivity index (χ2v) is 7.20. The van der Waals surface area contributed by atoms with Crippen LogP contribution in [-0.4, -0.2) is 30.1 Å². The predicted molar refractivity (Wildman–Crippen MR) is 107 cm³/mol. The van der Waals surface area contributed by atoms with Crippen LogP contribution in [0.2, 0.25) is 0 Å². The summed E-state index contributed by atoms with van der Waals surface area (Å²) in [5.74, 6) is -1.06. The summed E-state index contributed by atoms with van der Waals surface area (Å²) >= 11 is 0. The van der Waals surface area contributed by atoms with Gasteiger partial charge in [0.05, 0.1) is 12.7 Å². The van der Waals surface area contributed by atoms with Gasteiger partial charge in [-0.15, -0.1) is 0 Å². The second kappa shape index (κ2) is 17.3. The van der Waals surface area contributed by atoms with Crippen LogP contribution in [0.5, 0.6) is 0 Å². The van der Waals surface area contributed by atoms with Gasteiger partial charge in [0.1, 0.15) is 6.10 Å².